The molecular formula is C19H20Cl2N2O5S. The molecule has 1 atom stereocenters. The number of amides is 1. The van der Waals surface area contributed by atoms with Crippen molar-refractivity contribution in [1.82, 2.24) is 4.90 Å². The number of nitrogens with one attached hydrogen (secondary N) is 1. The molecular weight excluding hydrogens is 439 g/mol. The Morgan fingerprint density at radius 2 is 1.79 bits per heavy atom. The van der Waals surface area contributed by atoms with Crippen LogP contribution in [0.3, 0.4) is 0 Å². The quantitative estimate of drug-likeness (QED) is 0.716. The Balaban J connectivity index is 1.67. The van der Waals surface area contributed by atoms with Crippen LogP contribution in [0.4, 0.5) is 5.69 Å². The number of rotatable bonds is 6. The van der Waals surface area contributed by atoms with Crippen LogP contribution < -0.4 is 9.46 Å². The second-order valence-electron chi connectivity index (χ2n) is 6.40. The lowest BCUT2D eigenvalue weighted by Gasteiger charge is -2.29. The molecule has 1 heterocycles. The van der Waals surface area contributed by atoms with Crippen LogP contribution in [-0.4, -0.2) is 51.6 Å². The number of carbonyl (C=O) groups is 1. The molecule has 0 bridgehead atoms. The molecule has 156 valence electrons. The molecule has 0 saturated carbocycles. The van der Waals surface area contributed by atoms with Gasteiger partial charge in [0.15, 0.2) is 6.10 Å². The Bertz CT molecular complexity index is 977. The zero-order chi connectivity index (χ0) is 21.0. The third-order valence-corrected chi connectivity index (χ3v) is 6.24. The first kappa shape index (κ1) is 21.7. The molecule has 1 aliphatic heterocycles. The van der Waals surface area contributed by atoms with Crippen LogP contribution in [0.1, 0.15) is 6.92 Å². The van der Waals surface area contributed by atoms with Crippen molar-refractivity contribution in [3.8, 4) is 5.75 Å². The third kappa shape index (κ3) is 5.54. The lowest BCUT2D eigenvalue weighted by Crippen LogP contribution is -2.46. The molecule has 1 amide bonds. The average Bonchev–Trinajstić information content (AvgIpc) is 2.71. The van der Waals surface area contributed by atoms with Gasteiger partial charge < -0.3 is 14.4 Å². The zero-order valence-corrected chi connectivity index (χ0v) is 17.9. The fourth-order valence-electron chi connectivity index (χ4n) is 2.77. The Labute approximate surface area is 179 Å². The lowest BCUT2D eigenvalue weighted by atomic mass is 10.3. The van der Waals surface area contributed by atoms with Crippen LogP contribution in [0.25, 0.3) is 0 Å². The van der Waals surface area contributed by atoms with Crippen LogP contribution in [0.5, 0.6) is 5.75 Å². The summed E-state index contributed by atoms with van der Waals surface area (Å²) >= 11 is 11.9. The molecule has 0 aliphatic carbocycles. The molecule has 3 rings (SSSR count). The van der Waals surface area contributed by atoms with Gasteiger partial charge in [0.25, 0.3) is 15.9 Å². The van der Waals surface area contributed by atoms with Crippen LogP contribution >= 0.6 is 23.2 Å². The van der Waals surface area contributed by atoms with Gasteiger partial charge in [-0.25, -0.2) is 8.42 Å². The van der Waals surface area contributed by atoms with E-state index < -0.39 is 16.1 Å². The van der Waals surface area contributed by atoms with Gasteiger partial charge in [0.2, 0.25) is 0 Å². The summed E-state index contributed by atoms with van der Waals surface area (Å²) in [5, 5.41) is 0.586. The molecule has 2 aromatic rings. The van der Waals surface area contributed by atoms with E-state index in [-0.39, 0.29) is 21.5 Å². The number of sulfonamides is 1. The van der Waals surface area contributed by atoms with Gasteiger partial charge in [-0.05, 0) is 49.4 Å². The number of ether oxygens (including phenoxy) is 2. The predicted molar refractivity (Wildman–Crippen MR) is 111 cm³/mol. The van der Waals surface area contributed by atoms with E-state index in [9.17, 15) is 13.2 Å². The molecule has 1 saturated heterocycles. The fraction of sp³-hybridized carbons (Fsp3) is 0.316. The van der Waals surface area contributed by atoms with Crippen molar-refractivity contribution >= 4 is 44.8 Å². The first-order chi connectivity index (χ1) is 13.8. The monoisotopic (exact) mass is 458 g/mol. The van der Waals surface area contributed by atoms with Crippen LogP contribution in [0.2, 0.25) is 10.0 Å². The predicted octanol–water partition coefficient (Wildman–Crippen LogP) is 3.42. The summed E-state index contributed by atoms with van der Waals surface area (Å²) in [4.78, 5) is 14.1. The molecule has 1 N–H and O–H groups in total. The van der Waals surface area contributed by atoms with E-state index in [4.69, 9.17) is 32.7 Å². The topological polar surface area (TPSA) is 84.9 Å². The maximum Gasteiger partial charge on any atom is 0.263 e. The van der Waals surface area contributed by atoms with E-state index in [0.29, 0.717) is 37.1 Å². The van der Waals surface area contributed by atoms with Gasteiger partial charge in [-0.3, -0.25) is 9.52 Å². The molecule has 0 unspecified atom stereocenters. The highest BCUT2D eigenvalue weighted by atomic mass is 35.5. The number of benzene rings is 2. The molecule has 0 aromatic heterocycles. The van der Waals surface area contributed by atoms with Gasteiger partial charge in [-0.1, -0.05) is 23.2 Å². The van der Waals surface area contributed by atoms with Crippen molar-refractivity contribution in [1.29, 1.82) is 0 Å². The molecule has 0 radical (unpaired) electrons. The number of anilines is 1. The minimum absolute atomic E-state index is 0.0213. The summed E-state index contributed by atoms with van der Waals surface area (Å²) in [6.45, 7) is 3.73. The summed E-state index contributed by atoms with van der Waals surface area (Å²) < 4.78 is 38.5. The second-order valence-corrected chi connectivity index (χ2v) is 8.92. The van der Waals surface area contributed by atoms with Crippen molar-refractivity contribution in [2.45, 2.75) is 17.9 Å². The highest BCUT2D eigenvalue weighted by Gasteiger charge is 2.24. The number of hydrogen-bond donors (Lipinski definition) is 1. The van der Waals surface area contributed by atoms with E-state index in [1.165, 1.54) is 36.4 Å². The number of hydrogen-bond acceptors (Lipinski definition) is 5. The molecule has 0 spiro atoms. The van der Waals surface area contributed by atoms with Gasteiger partial charge in [0.1, 0.15) is 5.75 Å². The van der Waals surface area contributed by atoms with E-state index in [1.54, 1.807) is 17.9 Å². The summed E-state index contributed by atoms with van der Waals surface area (Å²) in [6.07, 6.45) is -0.695. The Morgan fingerprint density at radius 3 is 2.45 bits per heavy atom. The standard InChI is InChI=1S/C19H20Cl2N2O5S/c1-13(19(24)23-8-10-27-11-9-23)28-15-3-5-16(6-4-15)29(25,26)22-18-12-14(20)2-7-17(18)21/h2-7,12-13,22H,8-11H2,1H3/t13-/m1/s1. The molecule has 2 aromatic carbocycles. The van der Waals surface area contributed by atoms with Crippen molar-refractivity contribution in [2.24, 2.45) is 0 Å². The van der Waals surface area contributed by atoms with E-state index in [1.807, 2.05) is 0 Å². The van der Waals surface area contributed by atoms with E-state index >= 15 is 0 Å². The Morgan fingerprint density at radius 1 is 1.14 bits per heavy atom. The Kier molecular flexibility index (Phi) is 6.89. The molecule has 10 heteroatoms. The minimum atomic E-state index is -3.87. The maximum atomic E-state index is 12.6. The van der Waals surface area contributed by atoms with Crippen LogP contribution in [0.15, 0.2) is 47.4 Å². The molecule has 7 nitrogen and oxygen atoms in total. The molecule has 1 aliphatic rings. The van der Waals surface area contributed by atoms with Crippen molar-refractivity contribution in [2.75, 3.05) is 31.0 Å². The molecule has 29 heavy (non-hydrogen) atoms. The van der Waals surface area contributed by atoms with Gasteiger partial charge in [0, 0.05) is 18.1 Å². The largest absolute Gasteiger partial charge is 0.481 e. The number of morpholine rings is 1. The van der Waals surface area contributed by atoms with Crippen molar-refractivity contribution in [3.63, 3.8) is 0 Å². The fourth-order valence-corrected chi connectivity index (χ4v) is 4.24. The smallest absolute Gasteiger partial charge is 0.263 e. The number of halogens is 2. The normalized spacial score (nSPS) is 15.6. The Hall–Kier alpha value is -2.00. The number of nitrogens with zero attached hydrogens (tertiary/aromatic N) is 1. The first-order valence-electron chi connectivity index (χ1n) is 8.87. The highest BCUT2D eigenvalue weighted by Crippen LogP contribution is 2.28. The summed E-state index contributed by atoms with van der Waals surface area (Å²) in [7, 11) is -3.87. The minimum Gasteiger partial charge on any atom is -0.481 e. The van der Waals surface area contributed by atoms with Gasteiger partial charge in [-0.15, -0.1) is 0 Å². The lowest BCUT2D eigenvalue weighted by molar-refractivity contribution is -0.142. The van der Waals surface area contributed by atoms with Gasteiger partial charge in [0.05, 0.1) is 28.8 Å². The SMILES string of the molecule is C[C@@H](Oc1ccc(S(=O)(=O)Nc2cc(Cl)ccc2Cl)cc1)C(=O)N1CCOCC1. The van der Waals surface area contributed by atoms with Gasteiger partial charge in [-0.2, -0.15) is 0 Å². The van der Waals surface area contributed by atoms with Crippen LogP contribution in [0, 0.1) is 0 Å². The summed E-state index contributed by atoms with van der Waals surface area (Å²) in [5.41, 5.74) is 0.184. The zero-order valence-electron chi connectivity index (χ0n) is 15.6. The van der Waals surface area contributed by atoms with E-state index in [0.717, 1.165) is 0 Å². The highest BCUT2D eigenvalue weighted by molar-refractivity contribution is 7.92. The first-order valence-corrected chi connectivity index (χ1v) is 11.1. The second kappa shape index (κ2) is 9.21. The van der Waals surface area contributed by atoms with Crippen molar-refractivity contribution in [3.05, 3.63) is 52.5 Å². The van der Waals surface area contributed by atoms with Crippen LogP contribution in [-0.2, 0) is 19.6 Å². The number of carbonyl (C=O) groups excluding carboxylic acids is 1. The maximum absolute atomic E-state index is 12.6. The van der Waals surface area contributed by atoms with Crippen molar-refractivity contribution < 1.29 is 22.7 Å². The average molecular weight is 459 g/mol. The summed E-state index contributed by atoms with van der Waals surface area (Å²) in [5.74, 6) is 0.251. The molecule has 1 fully saturated rings. The van der Waals surface area contributed by atoms with E-state index in [2.05, 4.69) is 4.72 Å². The van der Waals surface area contributed by atoms with Gasteiger partial charge >= 0.3 is 0 Å². The third-order valence-electron chi connectivity index (χ3n) is 4.29. The summed E-state index contributed by atoms with van der Waals surface area (Å²) in [6, 6.07) is 10.3.